The lowest BCUT2D eigenvalue weighted by molar-refractivity contribution is -0.115. The van der Waals surface area contributed by atoms with Crippen molar-refractivity contribution in [3.63, 3.8) is 0 Å². The van der Waals surface area contributed by atoms with E-state index in [1.54, 1.807) is 18.2 Å². The largest absolute Gasteiger partial charge is 0.490 e. The Morgan fingerprint density at radius 3 is 2.27 bits per heavy atom. The molecular weight excluding hydrogens is 339 g/mol. The number of carbonyl (C=O) groups is 2. The maximum Gasteiger partial charge on any atom is 0.251 e. The summed E-state index contributed by atoms with van der Waals surface area (Å²) in [6, 6.07) is 10.1. The van der Waals surface area contributed by atoms with Crippen LogP contribution in [0.25, 0.3) is 0 Å². The van der Waals surface area contributed by atoms with Gasteiger partial charge in [-0.05, 0) is 50.2 Å². The minimum atomic E-state index is -0.457. The van der Waals surface area contributed by atoms with Gasteiger partial charge >= 0.3 is 0 Å². The maximum atomic E-state index is 12.9. The topological polar surface area (TPSA) is 76.7 Å². The molecule has 0 spiro atoms. The van der Waals surface area contributed by atoms with Crippen molar-refractivity contribution in [3.8, 4) is 11.5 Å². The fraction of sp³-hybridized carbons (Fsp3) is 0.263. The van der Waals surface area contributed by atoms with Crippen LogP contribution in [-0.2, 0) is 4.79 Å². The van der Waals surface area contributed by atoms with E-state index in [4.69, 9.17) is 9.47 Å². The van der Waals surface area contributed by atoms with Gasteiger partial charge in [-0.15, -0.1) is 0 Å². The number of amides is 2. The number of carbonyl (C=O) groups excluding carboxylic acids is 2. The van der Waals surface area contributed by atoms with Gasteiger partial charge in [0, 0.05) is 17.3 Å². The fourth-order valence-electron chi connectivity index (χ4n) is 2.20. The van der Waals surface area contributed by atoms with E-state index >= 15 is 0 Å². The predicted octanol–water partition coefficient (Wildman–Crippen LogP) is 2.99. The van der Waals surface area contributed by atoms with Gasteiger partial charge in [-0.1, -0.05) is 0 Å². The molecule has 7 heteroatoms. The van der Waals surface area contributed by atoms with E-state index in [1.165, 1.54) is 24.3 Å². The molecule has 0 radical (unpaired) electrons. The molecular formula is C19H21FN2O4. The van der Waals surface area contributed by atoms with Crippen LogP contribution in [-0.4, -0.2) is 31.6 Å². The molecule has 2 aromatic rings. The smallest absolute Gasteiger partial charge is 0.251 e. The summed E-state index contributed by atoms with van der Waals surface area (Å²) in [6.45, 7) is 4.47. The summed E-state index contributed by atoms with van der Waals surface area (Å²) in [5, 5.41) is 5.16. The van der Waals surface area contributed by atoms with E-state index < -0.39 is 17.6 Å². The summed E-state index contributed by atoms with van der Waals surface area (Å²) in [6.07, 6.45) is 0. The molecule has 0 aromatic heterocycles. The third kappa shape index (κ3) is 5.47. The molecule has 26 heavy (non-hydrogen) atoms. The molecule has 2 aromatic carbocycles. The highest BCUT2D eigenvalue weighted by atomic mass is 19.1. The Balaban J connectivity index is 1.93. The van der Waals surface area contributed by atoms with E-state index in [-0.39, 0.29) is 12.1 Å². The number of hydrogen-bond donors (Lipinski definition) is 2. The molecule has 2 N–H and O–H groups in total. The fourth-order valence-corrected chi connectivity index (χ4v) is 2.20. The Morgan fingerprint density at radius 1 is 0.962 bits per heavy atom. The van der Waals surface area contributed by atoms with Crippen molar-refractivity contribution in [2.24, 2.45) is 0 Å². The quantitative estimate of drug-likeness (QED) is 0.759. The second-order valence-corrected chi connectivity index (χ2v) is 5.27. The van der Waals surface area contributed by atoms with Crippen molar-refractivity contribution in [2.75, 3.05) is 25.1 Å². The summed E-state index contributed by atoms with van der Waals surface area (Å²) in [7, 11) is 0. The molecule has 138 valence electrons. The molecule has 0 aliphatic heterocycles. The molecule has 0 heterocycles. The average molecular weight is 360 g/mol. The van der Waals surface area contributed by atoms with Gasteiger partial charge in [0.25, 0.3) is 5.91 Å². The highest BCUT2D eigenvalue weighted by molar-refractivity contribution is 5.99. The van der Waals surface area contributed by atoms with E-state index in [2.05, 4.69) is 10.6 Å². The number of hydrogen-bond acceptors (Lipinski definition) is 4. The molecule has 2 rings (SSSR count). The first-order valence-electron chi connectivity index (χ1n) is 8.26. The maximum absolute atomic E-state index is 12.9. The molecule has 2 amide bonds. The monoisotopic (exact) mass is 360 g/mol. The number of nitrogens with one attached hydrogen (secondary N) is 2. The Kier molecular flexibility index (Phi) is 6.96. The van der Waals surface area contributed by atoms with Crippen molar-refractivity contribution < 1.29 is 23.5 Å². The average Bonchev–Trinajstić information content (AvgIpc) is 2.63. The van der Waals surface area contributed by atoms with Crippen molar-refractivity contribution in [1.82, 2.24) is 5.32 Å². The minimum absolute atomic E-state index is 0.215. The zero-order valence-electron chi connectivity index (χ0n) is 14.7. The molecule has 0 aliphatic carbocycles. The molecule has 0 unspecified atom stereocenters. The van der Waals surface area contributed by atoms with Crippen LogP contribution in [0.5, 0.6) is 11.5 Å². The van der Waals surface area contributed by atoms with Crippen LogP contribution < -0.4 is 20.1 Å². The second kappa shape index (κ2) is 9.41. The summed E-state index contributed by atoms with van der Waals surface area (Å²) in [5.41, 5.74) is 0.803. The number of anilines is 1. The Hall–Kier alpha value is -3.09. The summed E-state index contributed by atoms with van der Waals surface area (Å²) in [5.74, 6) is -0.159. The van der Waals surface area contributed by atoms with Gasteiger partial charge in [0.05, 0.1) is 19.8 Å². The number of benzene rings is 2. The number of rotatable bonds is 8. The van der Waals surface area contributed by atoms with Gasteiger partial charge in [0.15, 0.2) is 11.5 Å². The lowest BCUT2D eigenvalue weighted by atomic mass is 10.2. The SMILES string of the molecule is CCOc1ccc(NC(=O)CNC(=O)c2ccc(F)cc2)cc1OCC. The van der Waals surface area contributed by atoms with E-state index in [0.717, 1.165) is 0 Å². The second-order valence-electron chi connectivity index (χ2n) is 5.27. The van der Waals surface area contributed by atoms with Crippen LogP contribution in [0.4, 0.5) is 10.1 Å². The number of halogens is 1. The van der Waals surface area contributed by atoms with Crippen molar-refractivity contribution in [1.29, 1.82) is 0 Å². The lowest BCUT2D eigenvalue weighted by Gasteiger charge is -2.13. The Bertz CT molecular complexity index is 763. The highest BCUT2D eigenvalue weighted by Gasteiger charge is 2.11. The van der Waals surface area contributed by atoms with Gasteiger partial charge in [0.2, 0.25) is 5.91 Å². The first-order valence-corrected chi connectivity index (χ1v) is 8.26. The van der Waals surface area contributed by atoms with Crippen LogP contribution in [0, 0.1) is 5.82 Å². The van der Waals surface area contributed by atoms with E-state index in [9.17, 15) is 14.0 Å². The van der Waals surface area contributed by atoms with Crippen molar-refractivity contribution >= 4 is 17.5 Å². The first kappa shape index (κ1) is 19.2. The third-order valence-electron chi connectivity index (χ3n) is 3.34. The van der Waals surface area contributed by atoms with Crippen molar-refractivity contribution in [2.45, 2.75) is 13.8 Å². The zero-order valence-corrected chi connectivity index (χ0v) is 14.7. The van der Waals surface area contributed by atoms with Crippen molar-refractivity contribution in [3.05, 3.63) is 53.8 Å². The standard InChI is InChI=1S/C19H21FN2O4/c1-3-25-16-10-9-15(11-17(16)26-4-2)22-18(23)12-21-19(24)13-5-7-14(20)8-6-13/h5-11H,3-4,12H2,1-2H3,(H,21,24)(H,22,23). The van der Waals surface area contributed by atoms with E-state index in [1.807, 2.05) is 13.8 Å². The van der Waals surface area contributed by atoms with Crippen LogP contribution >= 0.6 is 0 Å². The summed E-state index contributed by atoms with van der Waals surface area (Å²) in [4.78, 5) is 23.9. The molecule has 0 atom stereocenters. The summed E-state index contributed by atoms with van der Waals surface area (Å²) < 4.78 is 23.8. The number of ether oxygens (including phenoxy) is 2. The molecule has 0 saturated heterocycles. The highest BCUT2D eigenvalue weighted by Crippen LogP contribution is 2.30. The molecule has 0 saturated carbocycles. The Morgan fingerprint density at radius 2 is 1.62 bits per heavy atom. The van der Waals surface area contributed by atoms with Gasteiger partial charge < -0.3 is 20.1 Å². The minimum Gasteiger partial charge on any atom is -0.490 e. The van der Waals surface area contributed by atoms with Gasteiger partial charge in [0.1, 0.15) is 5.82 Å². The predicted molar refractivity (Wildman–Crippen MR) is 96.1 cm³/mol. The molecule has 0 fully saturated rings. The van der Waals surface area contributed by atoms with Gasteiger partial charge in [-0.3, -0.25) is 9.59 Å². The van der Waals surface area contributed by atoms with Gasteiger partial charge in [-0.25, -0.2) is 4.39 Å². The summed E-state index contributed by atoms with van der Waals surface area (Å²) >= 11 is 0. The first-order chi connectivity index (χ1) is 12.5. The Labute approximate surface area is 151 Å². The van der Waals surface area contributed by atoms with Crippen LogP contribution in [0.2, 0.25) is 0 Å². The zero-order chi connectivity index (χ0) is 18.9. The lowest BCUT2D eigenvalue weighted by Crippen LogP contribution is -2.32. The molecule has 0 bridgehead atoms. The van der Waals surface area contributed by atoms with Crippen LogP contribution in [0.15, 0.2) is 42.5 Å². The van der Waals surface area contributed by atoms with Gasteiger partial charge in [-0.2, -0.15) is 0 Å². The van der Waals surface area contributed by atoms with E-state index in [0.29, 0.717) is 30.4 Å². The third-order valence-corrected chi connectivity index (χ3v) is 3.34. The van der Waals surface area contributed by atoms with Crippen LogP contribution in [0.3, 0.4) is 0 Å². The molecule has 0 aliphatic rings. The normalized spacial score (nSPS) is 10.1. The van der Waals surface area contributed by atoms with Crippen LogP contribution in [0.1, 0.15) is 24.2 Å². The molecule has 6 nitrogen and oxygen atoms in total.